The lowest BCUT2D eigenvalue weighted by molar-refractivity contribution is -0.140. The number of rotatable bonds is 10. The van der Waals surface area contributed by atoms with Gasteiger partial charge in [0.15, 0.2) is 0 Å². The van der Waals surface area contributed by atoms with E-state index in [0.29, 0.717) is 35.5 Å². The summed E-state index contributed by atoms with van der Waals surface area (Å²) in [5, 5.41) is 3.87. The second-order valence-electron chi connectivity index (χ2n) is 8.78. The van der Waals surface area contributed by atoms with Gasteiger partial charge >= 0.3 is 0 Å². The molecule has 6 heteroatoms. The molecule has 1 N–H and O–H groups in total. The molecule has 0 aliphatic rings. The van der Waals surface area contributed by atoms with E-state index in [0.717, 1.165) is 16.7 Å². The van der Waals surface area contributed by atoms with Crippen molar-refractivity contribution in [1.82, 2.24) is 10.2 Å². The fourth-order valence-corrected chi connectivity index (χ4v) is 4.00. The van der Waals surface area contributed by atoms with Crippen LogP contribution in [0.2, 0.25) is 10.0 Å². The van der Waals surface area contributed by atoms with Crippen molar-refractivity contribution in [2.24, 2.45) is 5.92 Å². The van der Waals surface area contributed by atoms with E-state index in [1.165, 1.54) is 0 Å². The summed E-state index contributed by atoms with van der Waals surface area (Å²) in [6.07, 6.45) is 0.539. The molecule has 3 aromatic carbocycles. The minimum atomic E-state index is -0.656. The maximum Gasteiger partial charge on any atom is 0.243 e. The van der Waals surface area contributed by atoms with E-state index in [1.807, 2.05) is 74.5 Å². The standard InChI is InChI=1S/C28H30Cl2N2O2/c1-20(2)18-31-28(34)26(16-21-9-5-3-6-10-21)32(19-22-11-7-4-8-12-22)27(33)17-23-13-14-24(29)25(30)15-23/h3-15,20,26H,16-19H2,1-2H3,(H,31,34)/t26-/m0/s1. The highest BCUT2D eigenvalue weighted by Gasteiger charge is 2.30. The van der Waals surface area contributed by atoms with Gasteiger partial charge in [-0.2, -0.15) is 0 Å². The van der Waals surface area contributed by atoms with E-state index < -0.39 is 6.04 Å². The third kappa shape index (κ3) is 7.61. The predicted molar refractivity (Wildman–Crippen MR) is 139 cm³/mol. The minimum absolute atomic E-state index is 0.118. The van der Waals surface area contributed by atoms with E-state index in [2.05, 4.69) is 5.32 Å². The van der Waals surface area contributed by atoms with E-state index in [9.17, 15) is 9.59 Å². The van der Waals surface area contributed by atoms with Crippen LogP contribution in [0.25, 0.3) is 0 Å². The van der Waals surface area contributed by atoms with E-state index in [1.54, 1.807) is 23.1 Å². The van der Waals surface area contributed by atoms with Crippen molar-refractivity contribution in [3.05, 3.63) is 106 Å². The van der Waals surface area contributed by atoms with Gasteiger partial charge in [-0.05, 0) is 34.7 Å². The van der Waals surface area contributed by atoms with Gasteiger partial charge in [-0.3, -0.25) is 9.59 Å². The smallest absolute Gasteiger partial charge is 0.243 e. The Bertz CT molecular complexity index is 1090. The van der Waals surface area contributed by atoms with Crippen LogP contribution >= 0.6 is 23.2 Å². The van der Waals surface area contributed by atoms with Gasteiger partial charge in [0.05, 0.1) is 16.5 Å². The summed E-state index contributed by atoms with van der Waals surface area (Å²) in [5.41, 5.74) is 2.70. The molecule has 0 bridgehead atoms. The molecule has 2 amide bonds. The lowest BCUT2D eigenvalue weighted by Gasteiger charge is -2.32. The van der Waals surface area contributed by atoms with Crippen LogP contribution < -0.4 is 5.32 Å². The van der Waals surface area contributed by atoms with Crippen molar-refractivity contribution in [3.63, 3.8) is 0 Å². The lowest BCUT2D eigenvalue weighted by atomic mass is 10.0. The number of hydrogen-bond donors (Lipinski definition) is 1. The summed E-state index contributed by atoms with van der Waals surface area (Å²) in [6, 6.07) is 24.0. The molecule has 3 aromatic rings. The van der Waals surface area contributed by atoms with Gasteiger partial charge in [0, 0.05) is 19.5 Å². The second-order valence-corrected chi connectivity index (χ2v) is 9.59. The second kappa shape index (κ2) is 12.6. The fraction of sp³-hybridized carbons (Fsp3) is 0.286. The zero-order chi connectivity index (χ0) is 24.5. The van der Waals surface area contributed by atoms with Crippen LogP contribution in [-0.2, 0) is 29.0 Å². The molecule has 0 aliphatic heterocycles. The van der Waals surface area contributed by atoms with Gasteiger partial charge in [0.2, 0.25) is 11.8 Å². The van der Waals surface area contributed by atoms with Crippen LogP contribution in [0.5, 0.6) is 0 Å². The Hall–Kier alpha value is -2.82. The van der Waals surface area contributed by atoms with Crippen LogP contribution in [-0.4, -0.2) is 29.3 Å². The quantitative estimate of drug-likeness (QED) is 0.377. The summed E-state index contributed by atoms with van der Waals surface area (Å²) < 4.78 is 0. The summed E-state index contributed by atoms with van der Waals surface area (Å²) in [5.74, 6) is -0.00495. The molecule has 0 radical (unpaired) electrons. The number of carbonyl (C=O) groups excluding carboxylic acids is 2. The van der Waals surface area contributed by atoms with Crippen molar-refractivity contribution in [2.75, 3.05) is 6.54 Å². The zero-order valence-electron chi connectivity index (χ0n) is 19.5. The predicted octanol–water partition coefficient (Wildman–Crippen LogP) is 5.95. The lowest BCUT2D eigenvalue weighted by Crippen LogP contribution is -2.51. The number of halogens is 2. The number of nitrogens with one attached hydrogen (secondary N) is 1. The maximum atomic E-state index is 13.7. The zero-order valence-corrected chi connectivity index (χ0v) is 21.0. The first-order valence-electron chi connectivity index (χ1n) is 11.4. The molecule has 4 nitrogen and oxygen atoms in total. The number of carbonyl (C=O) groups is 2. The van der Waals surface area contributed by atoms with E-state index in [-0.39, 0.29) is 18.2 Å². The number of hydrogen-bond acceptors (Lipinski definition) is 2. The van der Waals surface area contributed by atoms with Gasteiger partial charge < -0.3 is 10.2 Å². The molecule has 0 aromatic heterocycles. The Morgan fingerprint density at radius 1 is 0.824 bits per heavy atom. The normalized spacial score (nSPS) is 11.8. The molecular weight excluding hydrogens is 467 g/mol. The summed E-state index contributed by atoms with van der Waals surface area (Å²) in [6.45, 7) is 4.96. The molecule has 178 valence electrons. The van der Waals surface area contributed by atoms with Crippen molar-refractivity contribution >= 4 is 35.0 Å². The van der Waals surface area contributed by atoms with E-state index in [4.69, 9.17) is 23.2 Å². The van der Waals surface area contributed by atoms with Crippen LogP contribution in [0.3, 0.4) is 0 Å². The van der Waals surface area contributed by atoms with Crippen LogP contribution in [0, 0.1) is 5.92 Å². The summed E-state index contributed by atoms with van der Waals surface area (Å²) in [7, 11) is 0. The van der Waals surface area contributed by atoms with Crippen molar-refractivity contribution in [1.29, 1.82) is 0 Å². The number of amides is 2. The number of nitrogens with zero attached hydrogens (tertiary/aromatic N) is 1. The van der Waals surface area contributed by atoms with Gasteiger partial charge in [-0.15, -0.1) is 0 Å². The first-order valence-corrected chi connectivity index (χ1v) is 12.2. The monoisotopic (exact) mass is 496 g/mol. The molecule has 0 heterocycles. The van der Waals surface area contributed by atoms with Crippen LogP contribution in [0.1, 0.15) is 30.5 Å². The minimum Gasteiger partial charge on any atom is -0.354 e. The van der Waals surface area contributed by atoms with Crippen molar-refractivity contribution < 1.29 is 9.59 Å². The molecule has 34 heavy (non-hydrogen) atoms. The Morgan fingerprint density at radius 2 is 1.44 bits per heavy atom. The van der Waals surface area contributed by atoms with Gasteiger partial charge in [0.25, 0.3) is 0 Å². The Kier molecular flexibility index (Phi) is 9.55. The third-order valence-electron chi connectivity index (χ3n) is 5.49. The topological polar surface area (TPSA) is 49.4 Å². The van der Waals surface area contributed by atoms with Crippen molar-refractivity contribution in [2.45, 2.75) is 39.3 Å². The first-order chi connectivity index (χ1) is 16.3. The van der Waals surface area contributed by atoms with Gasteiger partial charge in [-0.1, -0.05) is 104 Å². The first kappa shape index (κ1) is 25.8. The average Bonchev–Trinajstić information content (AvgIpc) is 2.83. The highest BCUT2D eigenvalue weighted by Crippen LogP contribution is 2.24. The van der Waals surface area contributed by atoms with Gasteiger partial charge in [0.1, 0.15) is 6.04 Å². The third-order valence-corrected chi connectivity index (χ3v) is 6.23. The summed E-state index contributed by atoms with van der Waals surface area (Å²) in [4.78, 5) is 28.7. The molecule has 0 saturated heterocycles. The fourth-order valence-electron chi connectivity index (χ4n) is 3.68. The molecule has 1 atom stereocenters. The molecule has 3 rings (SSSR count). The highest BCUT2D eigenvalue weighted by molar-refractivity contribution is 6.42. The Morgan fingerprint density at radius 3 is 2.03 bits per heavy atom. The van der Waals surface area contributed by atoms with Crippen LogP contribution in [0.4, 0.5) is 0 Å². The number of benzene rings is 3. The van der Waals surface area contributed by atoms with Crippen LogP contribution in [0.15, 0.2) is 78.9 Å². The highest BCUT2D eigenvalue weighted by atomic mass is 35.5. The summed E-state index contributed by atoms with van der Waals surface area (Å²) >= 11 is 12.2. The van der Waals surface area contributed by atoms with Crippen molar-refractivity contribution in [3.8, 4) is 0 Å². The molecule has 0 fully saturated rings. The average molecular weight is 497 g/mol. The molecule has 0 spiro atoms. The molecular formula is C28H30Cl2N2O2. The Labute approximate surface area is 211 Å². The molecule has 0 saturated carbocycles. The van der Waals surface area contributed by atoms with Gasteiger partial charge in [-0.25, -0.2) is 0 Å². The molecule has 0 aliphatic carbocycles. The Balaban J connectivity index is 1.94. The SMILES string of the molecule is CC(C)CNC(=O)[C@H](Cc1ccccc1)N(Cc1ccccc1)C(=O)Cc1ccc(Cl)c(Cl)c1. The largest absolute Gasteiger partial charge is 0.354 e. The molecule has 0 unspecified atom stereocenters. The maximum absolute atomic E-state index is 13.7. The van der Waals surface area contributed by atoms with E-state index >= 15 is 0 Å².